The number of rotatable bonds is 6. The van der Waals surface area contributed by atoms with E-state index < -0.39 is 10.0 Å². The molecule has 0 aliphatic heterocycles. The van der Waals surface area contributed by atoms with Crippen molar-refractivity contribution in [1.29, 1.82) is 0 Å². The van der Waals surface area contributed by atoms with Crippen molar-refractivity contribution in [3.63, 3.8) is 0 Å². The summed E-state index contributed by atoms with van der Waals surface area (Å²) in [5.41, 5.74) is 1.26. The fourth-order valence-electron chi connectivity index (χ4n) is 2.33. The Balaban J connectivity index is 2.13. The number of nitrogens with one attached hydrogen (secondary N) is 1. The first-order valence-corrected chi connectivity index (χ1v) is 9.68. The third-order valence-electron chi connectivity index (χ3n) is 3.51. The van der Waals surface area contributed by atoms with E-state index in [4.69, 9.17) is 11.6 Å². The molecule has 0 saturated carbocycles. The molecule has 0 aliphatic rings. The number of hydrogen-bond acceptors (Lipinski definition) is 3. The van der Waals surface area contributed by atoms with Crippen molar-refractivity contribution in [2.45, 2.75) is 31.3 Å². The molecule has 5 nitrogen and oxygen atoms in total. The van der Waals surface area contributed by atoms with Gasteiger partial charge in [-0.05, 0) is 49.7 Å². The molecule has 2 aromatic rings. The molecule has 0 bridgehead atoms. The smallest absolute Gasteiger partial charge is 0.253 e. The first kappa shape index (κ1) is 19.4. The maximum Gasteiger partial charge on any atom is 0.253 e. The van der Waals surface area contributed by atoms with Crippen LogP contribution < -0.4 is 4.72 Å². The van der Waals surface area contributed by atoms with Crippen LogP contribution >= 0.6 is 11.6 Å². The van der Waals surface area contributed by atoms with Crippen molar-refractivity contribution < 1.29 is 13.2 Å². The quantitative estimate of drug-likeness (QED) is 0.836. The summed E-state index contributed by atoms with van der Waals surface area (Å²) in [7, 11) is -1.89. The number of nitrogens with zero attached hydrogens (tertiary/aromatic N) is 1. The fraction of sp³-hybridized carbons (Fsp3) is 0.278. The molecule has 25 heavy (non-hydrogen) atoms. The standard InChI is InChI=1S/C18H21ClN2O3S/c1-13(2)20-25(23,24)16-10-8-14(9-11-16)18(22)21(3)12-15-6-4-5-7-17(15)19/h4-11,13,20H,12H2,1-3H3. The van der Waals surface area contributed by atoms with E-state index >= 15 is 0 Å². The Bertz CT molecular complexity index is 849. The van der Waals surface area contributed by atoms with Crippen LogP contribution in [0.15, 0.2) is 53.4 Å². The number of amides is 1. The Morgan fingerprint density at radius 1 is 1.12 bits per heavy atom. The van der Waals surface area contributed by atoms with Gasteiger partial charge in [-0.3, -0.25) is 4.79 Å². The summed E-state index contributed by atoms with van der Waals surface area (Å²) in [5.74, 6) is -0.208. The minimum atomic E-state index is -3.57. The van der Waals surface area contributed by atoms with Crippen LogP contribution in [0.5, 0.6) is 0 Å². The highest BCUT2D eigenvalue weighted by Crippen LogP contribution is 2.18. The molecule has 0 spiro atoms. The molecule has 0 aliphatic carbocycles. The predicted molar refractivity (Wildman–Crippen MR) is 99.1 cm³/mol. The van der Waals surface area contributed by atoms with Crippen LogP contribution in [0.2, 0.25) is 5.02 Å². The second-order valence-electron chi connectivity index (χ2n) is 6.05. The van der Waals surface area contributed by atoms with Gasteiger partial charge in [0.1, 0.15) is 0 Å². The van der Waals surface area contributed by atoms with Gasteiger partial charge in [-0.15, -0.1) is 0 Å². The minimum Gasteiger partial charge on any atom is -0.337 e. The third-order valence-corrected chi connectivity index (χ3v) is 5.56. The molecule has 1 N–H and O–H groups in total. The SMILES string of the molecule is CC(C)NS(=O)(=O)c1ccc(C(=O)N(C)Cc2ccccc2Cl)cc1. The highest BCUT2D eigenvalue weighted by molar-refractivity contribution is 7.89. The summed E-state index contributed by atoms with van der Waals surface area (Å²) >= 11 is 6.12. The summed E-state index contributed by atoms with van der Waals surface area (Å²) < 4.78 is 26.7. The van der Waals surface area contributed by atoms with Gasteiger partial charge < -0.3 is 4.90 Å². The van der Waals surface area contributed by atoms with Gasteiger partial charge in [-0.1, -0.05) is 29.8 Å². The van der Waals surface area contributed by atoms with E-state index in [1.54, 1.807) is 27.0 Å². The Labute approximate surface area is 153 Å². The van der Waals surface area contributed by atoms with Gasteiger partial charge in [-0.2, -0.15) is 0 Å². The van der Waals surface area contributed by atoms with E-state index in [0.717, 1.165) is 5.56 Å². The predicted octanol–water partition coefficient (Wildman–Crippen LogP) is 3.30. The zero-order valence-electron chi connectivity index (χ0n) is 14.4. The first-order valence-electron chi connectivity index (χ1n) is 7.82. The van der Waals surface area contributed by atoms with Gasteiger partial charge in [0.25, 0.3) is 5.91 Å². The molecule has 0 radical (unpaired) electrons. The molecule has 0 saturated heterocycles. The summed E-state index contributed by atoms with van der Waals surface area (Å²) in [6, 6.07) is 13.0. The van der Waals surface area contributed by atoms with Crippen molar-refractivity contribution in [3.8, 4) is 0 Å². The van der Waals surface area contributed by atoms with E-state index in [2.05, 4.69) is 4.72 Å². The molecule has 0 unspecified atom stereocenters. The molecule has 7 heteroatoms. The van der Waals surface area contributed by atoms with Gasteiger partial charge in [-0.25, -0.2) is 13.1 Å². The Morgan fingerprint density at radius 2 is 1.72 bits per heavy atom. The third kappa shape index (κ3) is 5.04. The number of halogens is 1. The lowest BCUT2D eigenvalue weighted by Crippen LogP contribution is -2.30. The lowest BCUT2D eigenvalue weighted by atomic mass is 10.1. The second kappa shape index (κ2) is 7.99. The van der Waals surface area contributed by atoms with Crippen LogP contribution in [0.4, 0.5) is 0 Å². The highest BCUT2D eigenvalue weighted by Gasteiger charge is 2.17. The molecule has 0 heterocycles. The monoisotopic (exact) mass is 380 g/mol. The first-order chi connectivity index (χ1) is 11.7. The highest BCUT2D eigenvalue weighted by atomic mass is 35.5. The Morgan fingerprint density at radius 3 is 2.28 bits per heavy atom. The second-order valence-corrected chi connectivity index (χ2v) is 8.17. The van der Waals surface area contributed by atoms with Gasteiger partial charge in [0, 0.05) is 30.2 Å². The van der Waals surface area contributed by atoms with Gasteiger partial charge >= 0.3 is 0 Å². The van der Waals surface area contributed by atoms with Gasteiger partial charge in [0.05, 0.1) is 4.90 Å². The van der Waals surface area contributed by atoms with E-state index in [1.165, 1.54) is 29.2 Å². The van der Waals surface area contributed by atoms with E-state index in [-0.39, 0.29) is 16.8 Å². The van der Waals surface area contributed by atoms with Gasteiger partial charge in [0.2, 0.25) is 10.0 Å². The lowest BCUT2D eigenvalue weighted by Gasteiger charge is -2.18. The largest absolute Gasteiger partial charge is 0.337 e. The molecular formula is C18H21ClN2O3S. The molecule has 0 aromatic heterocycles. The average Bonchev–Trinajstić information content (AvgIpc) is 2.55. The van der Waals surface area contributed by atoms with Crippen molar-refractivity contribution in [3.05, 3.63) is 64.7 Å². The number of sulfonamides is 1. The number of carbonyl (C=O) groups is 1. The van der Waals surface area contributed by atoms with Crippen molar-refractivity contribution in [2.24, 2.45) is 0 Å². The molecule has 0 atom stereocenters. The zero-order chi connectivity index (χ0) is 18.6. The van der Waals surface area contributed by atoms with Crippen LogP contribution in [-0.4, -0.2) is 32.3 Å². The maximum atomic E-state index is 12.5. The van der Waals surface area contributed by atoms with Crippen molar-refractivity contribution >= 4 is 27.5 Å². The van der Waals surface area contributed by atoms with E-state index in [9.17, 15) is 13.2 Å². The van der Waals surface area contributed by atoms with Crippen molar-refractivity contribution in [1.82, 2.24) is 9.62 Å². The Hall–Kier alpha value is -1.89. The summed E-state index contributed by atoms with van der Waals surface area (Å²) in [6.45, 7) is 3.87. The van der Waals surface area contributed by atoms with Crippen LogP contribution in [-0.2, 0) is 16.6 Å². The average molecular weight is 381 g/mol. The minimum absolute atomic E-state index is 0.131. The van der Waals surface area contributed by atoms with Crippen molar-refractivity contribution in [2.75, 3.05) is 7.05 Å². The molecular weight excluding hydrogens is 360 g/mol. The van der Waals surface area contributed by atoms with E-state index in [0.29, 0.717) is 17.1 Å². The molecule has 2 rings (SSSR count). The number of hydrogen-bond donors (Lipinski definition) is 1. The van der Waals surface area contributed by atoms with Crippen LogP contribution in [0.1, 0.15) is 29.8 Å². The van der Waals surface area contributed by atoms with E-state index in [1.807, 2.05) is 18.2 Å². The number of benzene rings is 2. The lowest BCUT2D eigenvalue weighted by molar-refractivity contribution is 0.0785. The fourth-order valence-corrected chi connectivity index (χ4v) is 3.78. The topological polar surface area (TPSA) is 66.5 Å². The molecule has 134 valence electrons. The normalized spacial score (nSPS) is 11.6. The number of carbonyl (C=O) groups excluding carboxylic acids is 1. The molecule has 2 aromatic carbocycles. The Kier molecular flexibility index (Phi) is 6.21. The van der Waals surface area contributed by atoms with Crippen LogP contribution in [0.25, 0.3) is 0 Å². The zero-order valence-corrected chi connectivity index (χ0v) is 15.9. The van der Waals surface area contributed by atoms with Crippen LogP contribution in [0, 0.1) is 0 Å². The molecule has 0 fully saturated rings. The molecule has 1 amide bonds. The van der Waals surface area contributed by atoms with Crippen LogP contribution in [0.3, 0.4) is 0 Å². The van der Waals surface area contributed by atoms with Gasteiger partial charge in [0.15, 0.2) is 0 Å². The summed E-state index contributed by atoms with van der Waals surface area (Å²) in [6.07, 6.45) is 0. The summed E-state index contributed by atoms with van der Waals surface area (Å²) in [4.78, 5) is 14.2. The summed E-state index contributed by atoms with van der Waals surface area (Å²) in [5, 5.41) is 0.600. The maximum absolute atomic E-state index is 12.5.